The van der Waals surface area contributed by atoms with Crippen LogP contribution in [0, 0.1) is 0 Å². The van der Waals surface area contributed by atoms with Crippen LogP contribution < -0.4 is 0 Å². The Morgan fingerprint density at radius 2 is 1.62 bits per heavy atom. The van der Waals surface area contributed by atoms with Gasteiger partial charge in [-0.2, -0.15) is 0 Å². The fourth-order valence-corrected chi connectivity index (χ4v) is 1.52. The molecule has 0 aliphatic carbocycles. The predicted molar refractivity (Wildman–Crippen MR) is 62.3 cm³/mol. The van der Waals surface area contributed by atoms with E-state index in [1.807, 2.05) is 25.8 Å². The number of nitrogens with zero attached hydrogens (tertiary/aromatic N) is 2. The van der Waals surface area contributed by atoms with Crippen LogP contribution in [0.2, 0.25) is 0 Å². The van der Waals surface area contributed by atoms with Crippen LogP contribution >= 0.6 is 0 Å². The molecule has 0 radical (unpaired) electrons. The molecule has 1 N–H and O–H groups in total. The minimum absolute atomic E-state index is 0.111. The van der Waals surface area contributed by atoms with Crippen LogP contribution in [0.25, 0.3) is 0 Å². The summed E-state index contributed by atoms with van der Waals surface area (Å²) in [4.78, 5) is 25.7. The van der Waals surface area contributed by atoms with Crippen molar-refractivity contribution in [2.75, 3.05) is 33.2 Å². The second kappa shape index (κ2) is 8.10. The summed E-state index contributed by atoms with van der Waals surface area (Å²) < 4.78 is 0. The molecule has 0 atom stereocenters. The maximum Gasteiger partial charge on any atom is 0.323 e. The highest BCUT2D eigenvalue weighted by atomic mass is 16.4. The molecule has 0 saturated heterocycles. The Kier molecular flexibility index (Phi) is 7.54. The van der Waals surface area contributed by atoms with Crippen molar-refractivity contribution in [3.05, 3.63) is 0 Å². The number of amides is 1. The molecule has 0 aromatic carbocycles. The van der Waals surface area contributed by atoms with E-state index in [0.717, 1.165) is 19.4 Å². The van der Waals surface area contributed by atoms with Gasteiger partial charge in [0, 0.05) is 6.54 Å². The highest BCUT2D eigenvalue weighted by Crippen LogP contribution is 1.96. The van der Waals surface area contributed by atoms with Gasteiger partial charge in [-0.1, -0.05) is 13.8 Å². The molecule has 16 heavy (non-hydrogen) atoms. The molecular weight excluding hydrogens is 208 g/mol. The van der Waals surface area contributed by atoms with E-state index in [4.69, 9.17) is 5.11 Å². The van der Waals surface area contributed by atoms with Crippen LogP contribution in [0.15, 0.2) is 0 Å². The monoisotopic (exact) mass is 230 g/mol. The van der Waals surface area contributed by atoms with E-state index in [1.165, 1.54) is 4.90 Å². The zero-order chi connectivity index (χ0) is 12.6. The van der Waals surface area contributed by atoms with E-state index >= 15 is 0 Å². The van der Waals surface area contributed by atoms with Gasteiger partial charge in [-0.05, 0) is 26.4 Å². The Morgan fingerprint density at radius 3 is 2.06 bits per heavy atom. The summed E-state index contributed by atoms with van der Waals surface area (Å²) in [6, 6.07) is 0. The largest absolute Gasteiger partial charge is 0.480 e. The third-order valence-corrected chi connectivity index (χ3v) is 2.18. The van der Waals surface area contributed by atoms with E-state index < -0.39 is 5.97 Å². The topological polar surface area (TPSA) is 60.9 Å². The summed E-state index contributed by atoms with van der Waals surface area (Å²) in [6.07, 6.45) is 1.76. The van der Waals surface area contributed by atoms with Crippen molar-refractivity contribution in [2.45, 2.75) is 26.7 Å². The number of carbonyl (C=O) groups excluding carboxylic acids is 1. The fourth-order valence-electron chi connectivity index (χ4n) is 1.52. The first-order valence-corrected chi connectivity index (χ1v) is 5.69. The quantitative estimate of drug-likeness (QED) is 0.665. The highest BCUT2D eigenvalue weighted by Gasteiger charge is 2.16. The molecule has 5 heteroatoms. The standard InChI is InChI=1S/C11H22N2O3/c1-4-6-12(3)8-10(14)13(7-5-2)9-11(15)16/h4-9H2,1-3H3,(H,15,16). The van der Waals surface area contributed by atoms with Gasteiger partial charge in [0.05, 0.1) is 6.54 Å². The first kappa shape index (κ1) is 14.9. The molecule has 0 aliphatic rings. The lowest BCUT2D eigenvalue weighted by Crippen LogP contribution is -2.42. The van der Waals surface area contributed by atoms with Crippen molar-refractivity contribution in [1.82, 2.24) is 9.80 Å². The highest BCUT2D eigenvalue weighted by molar-refractivity contribution is 5.82. The third kappa shape index (κ3) is 6.40. The summed E-state index contributed by atoms with van der Waals surface area (Å²) in [6.45, 7) is 5.41. The lowest BCUT2D eigenvalue weighted by atomic mass is 10.3. The van der Waals surface area contributed by atoms with Gasteiger partial charge in [-0.15, -0.1) is 0 Å². The fraction of sp³-hybridized carbons (Fsp3) is 0.818. The average molecular weight is 230 g/mol. The average Bonchev–Trinajstić information content (AvgIpc) is 2.16. The van der Waals surface area contributed by atoms with Crippen molar-refractivity contribution in [3.8, 4) is 0 Å². The first-order valence-electron chi connectivity index (χ1n) is 5.69. The Morgan fingerprint density at radius 1 is 1.06 bits per heavy atom. The minimum Gasteiger partial charge on any atom is -0.480 e. The van der Waals surface area contributed by atoms with Gasteiger partial charge >= 0.3 is 5.97 Å². The van der Waals surface area contributed by atoms with E-state index in [-0.39, 0.29) is 12.5 Å². The van der Waals surface area contributed by atoms with Crippen LogP contribution in [0.3, 0.4) is 0 Å². The smallest absolute Gasteiger partial charge is 0.323 e. The number of carboxylic acids is 1. The minimum atomic E-state index is -0.958. The number of carboxylic acid groups (broad SMARTS) is 1. The summed E-state index contributed by atoms with van der Waals surface area (Å²) in [5.41, 5.74) is 0. The molecule has 94 valence electrons. The molecular formula is C11H22N2O3. The Labute approximate surface area is 97.0 Å². The Balaban J connectivity index is 4.20. The number of hydrogen-bond acceptors (Lipinski definition) is 3. The lowest BCUT2D eigenvalue weighted by Gasteiger charge is -2.23. The lowest BCUT2D eigenvalue weighted by molar-refractivity contribution is -0.144. The van der Waals surface area contributed by atoms with Gasteiger partial charge in [0.25, 0.3) is 0 Å². The number of likely N-dealkylation sites (N-methyl/N-ethyl adjacent to an activating group) is 1. The molecule has 0 aliphatic heterocycles. The van der Waals surface area contributed by atoms with Crippen molar-refractivity contribution in [1.29, 1.82) is 0 Å². The molecule has 0 heterocycles. The molecule has 5 nitrogen and oxygen atoms in total. The maximum atomic E-state index is 11.8. The van der Waals surface area contributed by atoms with Crippen LogP contribution in [0.5, 0.6) is 0 Å². The van der Waals surface area contributed by atoms with E-state index in [1.54, 1.807) is 0 Å². The van der Waals surface area contributed by atoms with Crippen molar-refractivity contribution >= 4 is 11.9 Å². The molecule has 0 spiro atoms. The van der Waals surface area contributed by atoms with E-state index in [9.17, 15) is 9.59 Å². The number of rotatable bonds is 8. The number of aliphatic carboxylic acids is 1. The van der Waals surface area contributed by atoms with Gasteiger partial charge in [0.2, 0.25) is 5.91 Å². The molecule has 0 saturated carbocycles. The molecule has 0 aromatic heterocycles. The van der Waals surface area contributed by atoms with E-state index in [0.29, 0.717) is 13.1 Å². The zero-order valence-corrected chi connectivity index (χ0v) is 10.4. The summed E-state index contributed by atoms with van der Waals surface area (Å²) in [5, 5.41) is 8.69. The summed E-state index contributed by atoms with van der Waals surface area (Å²) >= 11 is 0. The van der Waals surface area contributed by atoms with Gasteiger partial charge in [0.1, 0.15) is 6.54 Å². The maximum absolute atomic E-state index is 11.8. The van der Waals surface area contributed by atoms with Crippen LogP contribution in [0.4, 0.5) is 0 Å². The van der Waals surface area contributed by atoms with Gasteiger partial charge in [-0.25, -0.2) is 0 Å². The number of hydrogen-bond donors (Lipinski definition) is 1. The predicted octanol–water partition coefficient (Wildman–Crippen LogP) is 0.651. The number of carbonyl (C=O) groups is 2. The summed E-state index contributed by atoms with van der Waals surface area (Å²) in [7, 11) is 1.87. The molecule has 0 fully saturated rings. The molecule has 0 unspecified atom stereocenters. The third-order valence-electron chi connectivity index (χ3n) is 2.18. The van der Waals surface area contributed by atoms with Crippen LogP contribution in [0.1, 0.15) is 26.7 Å². The van der Waals surface area contributed by atoms with Crippen molar-refractivity contribution in [3.63, 3.8) is 0 Å². The Bertz CT molecular complexity index is 231. The second-order valence-electron chi connectivity index (χ2n) is 3.95. The van der Waals surface area contributed by atoms with Crippen molar-refractivity contribution < 1.29 is 14.7 Å². The van der Waals surface area contributed by atoms with Crippen LogP contribution in [-0.4, -0.2) is 60.0 Å². The van der Waals surface area contributed by atoms with Gasteiger partial charge in [0.15, 0.2) is 0 Å². The second-order valence-corrected chi connectivity index (χ2v) is 3.95. The zero-order valence-electron chi connectivity index (χ0n) is 10.4. The first-order chi connectivity index (χ1) is 7.51. The SMILES string of the molecule is CCCN(C)CC(=O)N(CCC)CC(=O)O. The van der Waals surface area contributed by atoms with Gasteiger partial charge < -0.3 is 10.0 Å². The molecule has 0 rings (SSSR count). The summed E-state index contributed by atoms with van der Waals surface area (Å²) in [5.74, 6) is -1.07. The molecule has 0 aromatic rings. The molecule has 0 bridgehead atoms. The van der Waals surface area contributed by atoms with Gasteiger partial charge in [-0.3, -0.25) is 14.5 Å². The normalized spacial score (nSPS) is 10.5. The molecule has 1 amide bonds. The van der Waals surface area contributed by atoms with Crippen LogP contribution in [-0.2, 0) is 9.59 Å². The Hall–Kier alpha value is -1.10. The van der Waals surface area contributed by atoms with E-state index in [2.05, 4.69) is 0 Å². The van der Waals surface area contributed by atoms with Crippen molar-refractivity contribution in [2.24, 2.45) is 0 Å².